The Morgan fingerprint density at radius 1 is 1.50 bits per heavy atom. The van der Waals surface area contributed by atoms with Crippen molar-refractivity contribution in [2.24, 2.45) is 0 Å². The van der Waals surface area contributed by atoms with Crippen LogP contribution in [0.4, 0.5) is 11.4 Å². The predicted molar refractivity (Wildman–Crippen MR) is 69.9 cm³/mol. The Hall–Kier alpha value is -1.82. The molecular formula is C11H14ClN3O3. The maximum absolute atomic E-state index is 11.4. The van der Waals surface area contributed by atoms with Gasteiger partial charge in [-0.3, -0.25) is 14.9 Å². The van der Waals surface area contributed by atoms with Gasteiger partial charge in [-0.05, 0) is 6.07 Å². The van der Waals surface area contributed by atoms with E-state index in [4.69, 9.17) is 11.6 Å². The van der Waals surface area contributed by atoms with Crippen molar-refractivity contribution in [3.63, 3.8) is 0 Å². The van der Waals surface area contributed by atoms with Gasteiger partial charge in [0.1, 0.15) is 5.69 Å². The summed E-state index contributed by atoms with van der Waals surface area (Å²) in [5.74, 6) is -0.0581. The van der Waals surface area contributed by atoms with Gasteiger partial charge in [-0.2, -0.15) is 0 Å². The Bertz CT molecular complexity index is 463. The third-order valence-electron chi connectivity index (χ3n) is 2.33. The van der Waals surface area contributed by atoms with E-state index in [9.17, 15) is 14.9 Å². The van der Waals surface area contributed by atoms with E-state index in [-0.39, 0.29) is 28.7 Å². The summed E-state index contributed by atoms with van der Waals surface area (Å²) in [6.45, 7) is 0.293. The molecule has 1 rings (SSSR count). The number of nitrogens with one attached hydrogen (secondary N) is 1. The first kappa shape index (κ1) is 14.2. The van der Waals surface area contributed by atoms with Crippen LogP contribution in [0.1, 0.15) is 6.42 Å². The molecule has 0 atom stereocenters. The number of nitro benzene ring substituents is 1. The summed E-state index contributed by atoms with van der Waals surface area (Å²) in [4.78, 5) is 23.1. The monoisotopic (exact) mass is 271 g/mol. The van der Waals surface area contributed by atoms with Crippen molar-refractivity contribution < 1.29 is 9.72 Å². The maximum atomic E-state index is 11.4. The van der Waals surface area contributed by atoms with Crippen LogP contribution in [-0.2, 0) is 4.79 Å². The Balaban J connectivity index is 2.73. The molecule has 98 valence electrons. The quantitative estimate of drug-likeness (QED) is 0.658. The van der Waals surface area contributed by atoms with Gasteiger partial charge in [0.15, 0.2) is 0 Å². The first-order chi connectivity index (χ1) is 8.43. The topological polar surface area (TPSA) is 75.5 Å². The van der Waals surface area contributed by atoms with Crippen LogP contribution in [0.25, 0.3) is 0 Å². The number of hydrogen-bond donors (Lipinski definition) is 1. The smallest absolute Gasteiger partial charge is 0.293 e. The molecule has 0 unspecified atom stereocenters. The average molecular weight is 272 g/mol. The lowest BCUT2D eigenvalue weighted by Crippen LogP contribution is -2.24. The minimum Gasteiger partial charge on any atom is -0.378 e. The third kappa shape index (κ3) is 3.59. The zero-order valence-electron chi connectivity index (χ0n) is 10.1. The first-order valence-corrected chi connectivity index (χ1v) is 5.68. The molecule has 0 spiro atoms. The second kappa shape index (κ2) is 6.20. The highest BCUT2D eigenvalue weighted by Gasteiger charge is 2.16. The van der Waals surface area contributed by atoms with Gasteiger partial charge in [-0.25, -0.2) is 0 Å². The normalized spacial score (nSPS) is 9.94. The van der Waals surface area contributed by atoms with Gasteiger partial charge in [-0.15, -0.1) is 0 Å². The summed E-state index contributed by atoms with van der Waals surface area (Å²) in [5, 5.41) is 13.9. The molecule has 0 aliphatic heterocycles. The van der Waals surface area contributed by atoms with Crippen molar-refractivity contribution in [3.05, 3.63) is 33.3 Å². The highest BCUT2D eigenvalue weighted by atomic mass is 35.5. The standard InChI is InChI=1S/C11H14ClN3O3/c1-14(2)10(16)6-7-13-11-8(12)4-3-5-9(11)15(17)18/h3-5,13H,6-7H2,1-2H3. The highest BCUT2D eigenvalue weighted by Crippen LogP contribution is 2.31. The molecule has 1 N–H and O–H groups in total. The summed E-state index contributed by atoms with van der Waals surface area (Å²) in [5.41, 5.74) is 0.149. The number of carbonyl (C=O) groups is 1. The molecule has 0 aromatic heterocycles. The molecule has 0 radical (unpaired) electrons. The number of benzene rings is 1. The number of halogens is 1. The molecule has 0 saturated heterocycles. The molecule has 1 aromatic carbocycles. The number of nitro groups is 1. The van der Waals surface area contributed by atoms with Crippen LogP contribution in [0, 0.1) is 10.1 Å². The minimum atomic E-state index is -0.512. The number of anilines is 1. The molecule has 7 heteroatoms. The Morgan fingerprint density at radius 3 is 2.72 bits per heavy atom. The van der Waals surface area contributed by atoms with Crippen LogP contribution in [0.3, 0.4) is 0 Å². The Morgan fingerprint density at radius 2 is 2.17 bits per heavy atom. The van der Waals surface area contributed by atoms with Crippen LogP contribution in [-0.4, -0.2) is 36.4 Å². The summed E-state index contributed by atoms with van der Waals surface area (Å²) >= 11 is 5.89. The second-order valence-corrected chi connectivity index (χ2v) is 4.26. The van der Waals surface area contributed by atoms with Gasteiger partial charge in [-0.1, -0.05) is 17.7 Å². The molecule has 1 aromatic rings. The van der Waals surface area contributed by atoms with Gasteiger partial charge in [0.25, 0.3) is 5.69 Å². The lowest BCUT2D eigenvalue weighted by atomic mass is 10.2. The third-order valence-corrected chi connectivity index (χ3v) is 2.64. The molecule has 0 heterocycles. The zero-order valence-corrected chi connectivity index (χ0v) is 10.9. The van der Waals surface area contributed by atoms with Crippen LogP contribution in [0.5, 0.6) is 0 Å². The lowest BCUT2D eigenvalue weighted by Gasteiger charge is -2.12. The van der Waals surface area contributed by atoms with Gasteiger partial charge in [0, 0.05) is 33.1 Å². The number of para-hydroxylation sites is 1. The molecular weight excluding hydrogens is 258 g/mol. The number of hydrogen-bond acceptors (Lipinski definition) is 4. The van der Waals surface area contributed by atoms with E-state index in [1.165, 1.54) is 17.0 Å². The van der Waals surface area contributed by atoms with Gasteiger partial charge in [0.2, 0.25) is 5.91 Å². The van der Waals surface area contributed by atoms with E-state index in [1.807, 2.05) is 0 Å². The molecule has 0 bridgehead atoms. The summed E-state index contributed by atoms with van der Waals surface area (Å²) in [7, 11) is 3.31. The number of amides is 1. The molecule has 6 nitrogen and oxygen atoms in total. The summed E-state index contributed by atoms with van der Waals surface area (Å²) in [6, 6.07) is 4.43. The fraction of sp³-hybridized carbons (Fsp3) is 0.364. The average Bonchev–Trinajstić information content (AvgIpc) is 2.30. The van der Waals surface area contributed by atoms with Crippen LogP contribution in [0.2, 0.25) is 5.02 Å². The fourth-order valence-electron chi connectivity index (χ4n) is 1.36. The summed E-state index contributed by atoms with van der Waals surface area (Å²) < 4.78 is 0. The summed E-state index contributed by atoms with van der Waals surface area (Å²) in [6.07, 6.45) is 0.245. The second-order valence-electron chi connectivity index (χ2n) is 3.86. The van der Waals surface area contributed by atoms with E-state index in [1.54, 1.807) is 20.2 Å². The Labute approximate surface area is 110 Å². The van der Waals surface area contributed by atoms with Crippen molar-refractivity contribution in [2.75, 3.05) is 26.0 Å². The molecule has 0 aliphatic carbocycles. The number of rotatable bonds is 5. The largest absolute Gasteiger partial charge is 0.378 e. The molecule has 1 amide bonds. The van der Waals surface area contributed by atoms with Crippen LogP contribution in [0.15, 0.2) is 18.2 Å². The minimum absolute atomic E-state index is 0.0581. The van der Waals surface area contributed by atoms with E-state index < -0.39 is 4.92 Å². The van der Waals surface area contributed by atoms with Gasteiger partial charge < -0.3 is 10.2 Å². The van der Waals surface area contributed by atoms with Crippen LogP contribution >= 0.6 is 11.6 Å². The highest BCUT2D eigenvalue weighted by molar-refractivity contribution is 6.33. The molecule has 0 aliphatic rings. The predicted octanol–water partition coefficient (Wildman–Crippen LogP) is 2.14. The van der Waals surface area contributed by atoms with Crippen LogP contribution < -0.4 is 5.32 Å². The molecule has 0 saturated carbocycles. The molecule has 0 fully saturated rings. The first-order valence-electron chi connectivity index (χ1n) is 5.30. The zero-order chi connectivity index (χ0) is 13.7. The maximum Gasteiger partial charge on any atom is 0.293 e. The number of nitrogens with zero attached hydrogens (tertiary/aromatic N) is 2. The fourth-order valence-corrected chi connectivity index (χ4v) is 1.59. The van der Waals surface area contributed by atoms with Crippen molar-refractivity contribution >= 4 is 28.9 Å². The van der Waals surface area contributed by atoms with E-state index in [2.05, 4.69) is 5.32 Å². The van der Waals surface area contributed by atoms with E-state index in [0.29, 0.717) is 6.54 Å². The SMILES string of the molecule is CN(C)C(=O)CCNc1c(Cl)cccc1[N+](=O)[O-]. The van der Waals surface area contributed by atoms with Crippen molar-refractivity contribution in [2.45, 2.75) is 6.42 Å². The van der Waals surface area contributed by atoms with Gasteiger partial charge in [0.05, 0.1) is 9.95 Å². The van der Waals surface area contributed by atoms with Crippen molar-refractivity contribution in [1.29, 1.82) is 0 Å². The number of carbonyl (C=O) groups excluding carboxylic acids is 1. The van der Waals surface area contributed by atoms with E-state index >= 15 is 0 Å². The van der Waals surface area contributed by atoms with Crippen molar-refractivity contribution in [3.8, 4) is 0 Å². The van der Waals surface area contributed by atoms with E-state index in [0.717, 1.165) is 0 Å². The van der Waals surface area contributed by atoms with Gasteiger partial charge >= 0.3 is 0 Å². The molecule has 18 heavy (non-hydrogen) atoms. The lowest BCUT2D eigenvalue weighted by molar-refractivity contribution is -0.383. The van der Waals surface area contributed by atoms with Crippen molar-refractivity contribution in [1.82, 2.24) is 4.90 Å². The Kier molecular flexibility index (Phi) is 4.91.